The Labute approximate surface area is 141 Å². The number of nitrogens with one attached hydrogen (secondary N) is 3. The summed E-state index contributed by atoms with van der Waals surface area (Å²) in [6.07, 6.45) is 3.34. The fraction of sp³-hybridized carbons (Fsp3) is 0.750. The van der Waals surface area contributed by atoms with Gasteiger partial charge in [0.1, 0.15) is 12.1 Å². The van der Waals surface area contributed by atoms with Crippen LogP contribution in [0.5, 0.6) is 0 Å². The maximum absolute atomic E-state index is 12.7. The predicted octanol–water partition coefficient (Wildman–Crippen LogP) is 1.11. The number of carbonyl (C=O) groups excluding carboxylic acids is 4. The van der Waals surface area contributed by atoms with Gasteiger partial charge in [0, 0.05) is 5.54 Å². The van der Waals surface area contributed by atoms with E-state index in [-0.39, 0.29) is 11.8 Å². The van der Waals surface area contributed by atoms with E-state index in [0.29, 0.717) is 6.42 Å². The SMILES string of the molecule is C[C@@H]1CCCC[C@]12NC(=O)N(CC(=O)NC(=O)NC(C)(C)C)C2=O. The quantitative estimate of drug-likeness (QED) is 0.656. The van der Waals surface area contributed by atoms with E-state index in [1.807, 2.05) is 6.92 Å². The molecule has 1 spiro atoms. The van der Waals surface area contributed by atoms with Gasteiger partial charge in [-0.2, -0.15) is 0 Å². The van der Waals surface area contributed by atoms with Crippen molar-refractivity contribution in [2.45, 2.75) is 64.5 Å². The molecular formula is C16H26N4O4. The van der Waals surface area contributed by atoms with Gasteiger partial charge in [-0.15, -0.1) is 0 Å². The molecule has 8 nitrogen and oxygen atoms in total. The number of hydrogen-bond donors (Lipinski definition) is 3. The monoisotopic (exact) mass is 338 g/mol. The summed E-state index contributed by atoms with van der Waals surface area (Å²) in [7, 11) is 0. The Morgan fingerprint density at radius 1 is 1.29 bits per heavy atom. The second-order valence-corrected chi connectivity index (χ2v) is 7.69. The molecule has 0 unspecified atom stereocenters. The molecule has 1 aliphatic carbocycles. The summed E-state index contributed by atoms with van der Waals surface area (Å²) in [5, 5.41) is 7.50. The number of hydrogen-bond acceptors (Lipinski definition) is 4. The van der Waals surface area contributed by atoms with Gasteiger partial charge in [0.2, 0.25) is 5.91 Å². The highest BCUT2D eigenvalue weighted by Gasteiger charge is 2.55. The Kier molecular flexibility index (Phi) is 4.87. The van der Waals surface area contributed by atoms with Crippen LogP contribution in [0.2, 0.25) is 0 Å². The highest BCUT2D eigenvalue weighted by molar-refractivity contribution is 6.10. The summed E-state index contributed by atoms with van der Waals surface area (Å²) in [6.45, 7) is 6.82. The lowest BCUT2D eigenvalue weighted by Gasteiger charge is -2.36. The molecule has 8 heteroatoms. The molecule has 0 radical (unpaired) electrons. The molecule has 0 aromatic rings. The van der Waals surface area contributed by atoms with E-state index >= 15 is 0 Å². The highest BCUT2D eigenvalue weighted by Crippen LogP contribution is 2.38. The van der Waals surface area contributed by atoms with E-state index in [1.165, 1.54) is 0 Å². The molecule has 3 N–H and O–H groups in total. The Morgan fingerprint density at radius 3 is 2.54 bits per heavy atom. The maximum Gasteiger partial charge on any atom is 0.325 e. The minimum absolute atomic E-state index is 0.0277. The van der Waals surface area contributed by atoms with Crippen LogP contribution in [0.4, 0.5) is 9.59 Å². The van der Waals surface area contributed by atoms with Crippen molar-refractivity contribution in [2.75, 3.05) is 6.54 Å². The molecule has 2 fully saturated rings. The molecule has 6 amide bonds. The third-order valence-corrected chi connectivity index (χ3v) is 4.54. The van der Waals surface area contributed by atoms with Crippen molar-refractivity contribution in [3.05, 3.63) is 0 Å². The van der Waals surface area contributed by atoms with Crippen molar-refractivity contribution in [2.24, 2.45) is 5.92 Å². The molecule has 1 saturated carbocycles. The summed E-state index contributed by atoms with van der Waals surface area (Å²) in [6, 6.07) is -1.22. The first-order chi connectivity index (χ1) is 11.0. The second kappa shape index (κ2) is 6.41. The lowest BCUT2D eigenvalue weighted by atomic mass is 9.73. The Bertz CT molecular complexity index is 569. The molecule has 2 aliphatic rings. The summed E-state index contributed by atoms with van der Waals surface area (Å²) >= 11 is 0. The molecule has 1 aliphatic heterocycles. The van der Waals surface area contributed by atoms with Crippen molar-refractivity contribution in [3.8, 4) is 0 Å². The minimum Gasteiger partial charge on any atom is -0.333 e. The zero-order valence-corrected chi connectivity index (χ0v) is 14.7. The smallest absolute Gasteiger partial charge is 0.325 e. The van der Waals surface area contributed by atoms with Crippen LogP contribution in [-0.2, 0) is 9.59 Å². The largest absolute Gasteiger partial charge is 0.333 e. The molecule has 1 saturated heterocycles. The predicted molar refractivity (Wildman–Crippen MR) is 87.0 cm³/mol. The van der Waals surface area contributed by atoms with Gasteiger partial charge in [0.05, 0.1) is 0 Å². The van der Waals surface area contributed by atoms with Crippen LogP contribution in [0.1, 0.15) is 53.4 Å². The standard InChI is InChI=1S/C16H26N4O4/c1-10-7-5-6-8-16(10)12(22)20(14(24)19-16)9-11(21)17-13(23)18-15(2,3)4/h10H,5-9H2,1-4H3,(H,19,24)(H2,17,18,21,23)/t10-,16+/m1/s1. The van der Waals surface area contributed by atoms with E-state index in [2.05, 4.69) is 16.0 Å². The number of carbonyl (C=O) groups is 4. The first-order valence-corrected chi connectivity index (χ1v) is 8.31. The van der Waals surface area contributed by atoms with Gasteiger partial charge in [-0.3, -0.25) is 19.8 Å². The molecule has 1 heterocycles. The molecule has 2 atom stereocenters. The average Bonchev–Trinajstić information content (AvgIpc) is 2.65. The van der Waals surface area contributed by atoms with Crippen LogP contribution in [0, 0.1) is 5.92 Å². The highest BCUT2D eigenvalue weighted by atomic mass is 16.2. The third-order valence-electron chi connectivity index (χ3n) is 4.54. The lowest BCUT2D eigenvalue weighted by Crippen LogP contribution is -2.54. The van der Waals surface area contributed by atoms with E-state index in [4.69, 9.17) is 0 Å². The van der Waals surface area contributed by atoms with E-state index in [0.717, 1.165) is 24.2 Å². The zero-order valence-electron chi connectivity index (χ0n) is 14.7. The van der Waals surface area contributed by atoms with Gasteiger partial charge in [0.25, 0.3) is 5.91 Å². The van der Waals surface area contributed by atoms with Crippen molar-refractivity contribution in [3.63, 3.8) is 0 Å². The Morgan fingerprint density at radius 2 is 1.96 bits per heavy atom. The topological polar surface area (TPSA) is 108 Å². The molecular weight excluding hydrogens is 312 g/mol. The van der Waals surface area contributed by atoms with Crippen molar-refractivity contribution in [1.29, 1.82) is 0 Å². The van der Waals surface area contributed by atoms with Gasteiger partial charge in [-0.25, -0.2) is 9.59 Å². The van der Waals surface area contributed by atoms with Crippen molar-refractivity contribution >= 4 is 23.9 Å². The minimum atomic E-state index is -0.900. The summed E-state index contributed by atoms with van der Waals surface area (Å²) in [5.41, 5.74) is -1.39. The molecule has 134 valence electrons. The van der Waals surface area contributed by atoms with Crippen LogP contribution >= 0.6 is 0 Å². The van der Waals surface area contributed by atoms with Gasteiger partial charge in [-0.05, 0) is 39.5 Å². The number of amides is 6. The maximum atomic E-state index is 12.7. The molecule has 24 heavy (non-hydrogen) atoms. The van der Waals surface area contributed by atoms with Crippen LogP contribution in [0.3, 0.4) is 0 Å². The molecule has 0 aromatic carbocycles. The van der Waals surface area contributed by atoms with Crippen LogP contribution in [0.25, 0.3) is 0 Å². The first-order valence-electron chi connectivity index (χ1n) is 8.31. The van der Waals surface area contributed by atoms with E-state index < -0.39 is 35.6 Å². The number of imide groups is 2. The number of rotatable bonds is 2. The molecule has 2 rings (SSSR count). The van der Waals surface area contributed by atoms with E-state index in [9.17, 15) is 19.2 Å². The fourth-order valence-electron chi connectivity index (χ4n) is 3.32. The zero-order chi connectivity index (χ0) is 18.1. The third kappa shape index (κ3) is 3.68. The molecule has 0 bridgehead atoms. The van der Waals surface area contributed by atoms with Gasteiger partial charge in [0.15, 0.2) is 0 Å². The second-order valence-electron chi connectivity index (χ2n) is 7.69. The fourth-order valence-corrected chi connectivity index (χ4v) is 3.32. The summed E-state index contributed by atoms with van der Waals surface area (Å²) in [4.78, 5) is 49.5. The summed E-state index contributed by atoms with van der Waals surface area (Å²) < 4.78 is 0. The van der Waals surface area contributed by atoms with Crippen LogP contribution in [0.15, 0.2) is 0 Å². The Balaban J connectivity index is 2.00. The first kappa shape index (κ1) is 18.2. The number of urea groups is 2. The van der Waals surface area contributed by atoms with Crippen LogP contribution < -0.4 is 16.0 Å². The Hall–Kier alpha value is -2.12. The normalized spacial score (nSPS) is 27.2. The lowest BCUT2D eigenvalue weighted by molar-refractivity contribution is -0.137. The summed E-state index contributed by atoms with van der Waals surface area (Å²) in [5.74, 6) is -1.04. The van der Waals surface area contributed by atoms with Gasteiger partial charge in [-0.1, -0.05) is 19.8 Å². The van der Waals surface area contributed by atoms with Crippen molar-refractivity contribution < 1.29 is 19.2 Å². The number of nitrogens with zero attached hydrogens (tertiary/aromatic N) is 1. The van der Waals surface area contributed by atoms with Gasteiger partial charge >= 0.3 is 12.1 Å². The van der Waals surface area contributed by atoms with E-state index in [1.54, 1.807) is 20.8 Å². The van der Waals surface area contributed by atoms with Crippen molar-refractivity contribution in [1.82, 2.24) is 20.9 Å². The van der Waals surface area contributed by atoms with Gasteiger partial charge < -0.3 is 10.6 Å². The molecule has 0 aromatic heterocycles. The average molecular weight is 338 g/mol. The van der Waals surface area contributed by atoms with Crippen LogP contribution in [-0.4, -0.2) is 46.4 Å².